The first-order valence-corrected chi connectivity index (χ1v) is 3.98. The summed E-state index contributed by atoms with van der Waals surface area (Å²) < 4.78 is 4.74. The molecule has 0 aliphatic heterocycles. The van der Waals surface area contributed by atoms with Crippen LogP contribution >= 0.6 is 0 Å². The van der Waals surface area contributed by atoms with Crippen LogP contribution in [0.4, 0.5) is 4.79 Å². The number of methoxy groups -OCH3 is 1. The maximum atomic E-state index is 11.1. The summed E-state index contributed by atoms with van der Waals surface area (Å²) >= 11 is 0. The number of rotatable bonds is 4. The number of hydrogen-bond donors (Lipinski definition) is 2. The molecule has 0 radical (unpaired) electrons. The van der Waals surface area contributed by atoms with Crippen LogP contribution < -0.4 is 10.6 Å². The van der Waals surface area contributed by atoms with E-state index in [1.165, 1.54) is 0 Å². The molecule has 2 N–H and O–H groups in total. The van der Waals surface area contributed by atoms with Gasteiger partial charge in [0.2, 0.25) is 0 Å². The van der Waals surface area contributed by atoms with Crippen molar-refractivity contribution in [2.75, 3.05) is 20.3 Å². The van der Waals surface area contributed by atoms with Crippen molar-refractivity contribution in [1.29, 1.82) is 5.26 Å². The van der Waals surface area contributed by atoms with Gasteiger partial charge in [0, 0.05) is 13.7 Å². The zero-order valence-corrected chi connectivity index (χ0v) is 8.18. The van der Waals surface area contributed by atoms with Gasteiger partial charge in [-0.1, -0.05) is 0 Å². The van der Waals surface area contributed by atoms with E-state index in [1.54, 1.807) is 21.0 Å². The Labute approximate surface area is 78.1 Å². The van der Waals surface area contributed by atoms with Crippen molar-refractivity contribution in [3.8, 4) is 6.07 Å². The average Bonchev–Trinajstić information content (AvgIpc) is 2.04. The number of hydrogen-bond acceptors (Lipinski definition) is 3. The van der Waals surface area contributed by atoms with Gasteiger partial charge in [0.25, 0.3) is 0 Å². The Hall–Kier alpha value is -1.28. The van der Waals surface area contributed by atoms with Crippen LogP contribution in [0.2, 0.25) is 0 Å². The molecule has 0 unspecified atom stereocenters. The Morgan fingerprint density at radius 1 is 1.62 bits per heavy atom. The van der Waals surface area contributed by atoms with E-state index < -0.39 is 5.54 Å². The number of ether oxygens (including phenoxy) is 1. The summed E-state index contributed by atoms with van der Waals surface area (Å²) in [5.41, 5.74) is -0.836. The molecule has 0 atom stereocenters. The van der Waals surface area contributed by atoms with Gasteiger partial charge in [-0.05, 0) is 13.8 Å². The maximum Gasteiger partial charge on any atom is 0.316 e. The van der Waals surface area contributed by atoms with Gasteiger partial charge in [0.15, 0.2) is 0 Å². The molecule has 0 aromatic rings. The van der Waals surface area contributed by atoms with E-state index in [-0.39, 0.29) is 6.03 Å². The molecule has 0 saturated carbocycles. The second-order valence-electron chi connectivity index (χ2n) is 3.11. The summed E-state index contributed by atoms with van der Waals surface area (Å²) in [5.74, 6) is 0. The van der Waals surface area contributed by atoms with Crippen LogP contribution in [0, 0.1) is 11.3 Å². The molecule has 0 fully saturated rings. The van der Waals surface area contributed by atoms with E-state index in [0.717, 1.165) is 0 Å². The van der Waals surface area contributed by atoms with Gasteiger partial charge in [0.05, 0.1) is 12.7 Å². The molecule has 0 aromatic heterocycles. The minimum absolute atomic E-state index is 0.358. The normalized spacial score (nSPS) is 10.3. The minimum Gasteiger partial charge on any atom is -0.383 e. The van der Waals surface area contributed by atoms with E-state index in [2.05, 4.69) is 10.6 Å². The third-order valence-electron chi connectivity index (χ3n) is 1.30. The molecule has 0 bridgehead atoms. The fraction of sp³-hybridized carbons (Fsp3) is 0.750. The monoisotopic (exact) mass is 185 g/mol. The van der Waals surface area contributed by atoms with Gasteiger partial charge < -0.3 is 15.4 Å². The Kier molecular flexibility index (Phi) is 4.85. The van der Waals surface area contributed by atoms with Gasteiger partial charge >= 0.3 is 6.03 Å². The van der Waals surface area contributed by atoms with Crippen molar-refractivity contribution in [2.45, 2.75) is 19.4 Å². The van der Waals surface area contributed by atoms with E-state index in [4.69, 9.17) is 10.00 Å². The van der Waals surface area contributed by atoms with Crippen LogP contribution in [-0.2, 0) is 4.74 Å². The molecule has 2 amide bonds. The number of carbonyl (C=O) groups excluding carboxylic acids is 1. The van der Waals surface area contributed by atoms with Crippen LogP contribution in [0.25, 0.3) is 0 Å². The summed E-state index contributed by atoms with van der Waals surface area (Å²) in [6.45, 7) is 4.15. The van der Waals surface area contributed by atoms with E-state index in [1.807, 2.05) is 6.07 Å². The van der Waals surface area contributed by atoms with Gasteiger partial charge in [-0.15, -0.1) is 0 Å². The lowest BCUT2D eigenvalue weighted by molar-refractivity contribution is 0.194. The zero-order chi connectivity index (χ0) is 10.3. The summed E-state index contributed by atoms with van der Waals surface area (Å²) in [7, 11) is 1.55. The standard InChI is InChI=1S/C8H15N3O2/c1-8(2,6-9)11-7(12)10-4-5-13-3/h4-5H2,1-3H3,(H2,10,11,12). The van der Waals surface area contributed by atoms with Gasteiger partial charge in [0.1, 0.15) is 5.54 Å². The summed E-state index contributed by atoms with van der Waals surface area (Å²) in [5, 5.41) is 13.6. The number of carbonyl (C=O) groups is 1. The Morgan fingerprint density at radius 3 is 2.69 bits per heavy atom. The topological polar surface area (TPSA) is 74.2 Å². The van der Waals surface area contributed by atoms with Crippen LogP contribution in [0.3, 0.4) is 0 Å². The van der Waals surface area contributed by atoms with E-state index in [9.17, 15) is 4.79 Å². The smallest absolute Gasteiger partial charge is 0.316 e. The largest absolute Gasteiger partial charge is 0.383 e. The SMILES string of the molecule is COCCNC(=O)NC(C)(C)C#N. The number of nitrogens with one attached hydrogen (secondary N) is 2. The highest BCUT2D eigenvalue weighted by Gasteiger charge is 2.18. The van der Waals surface area contributed by atoms with Crippen molar-refractivity contribution in [1.82, 2.24) is 10.6 Å². The van der Waals surface area contributed by atoms with Gasteiger partial charge in [-0.2, -0.15) is 5.26 Å². The molecular formula is C8H15N3O2. The molecule has 74 valence electrons. The highest BCUT2D eigenvalue weighted by Crippen LogP contribution is 1.97. The fourth-order valence-corrected chi connectivity index (χ4v) is 0.623. The molecule has 13 heavy (non-hydrogen) atoms. The minimum atomic E-state index is -0.836. The van der Waals surface area contributed by atoms with Crippen LogP contribution in [0.15, 0.2) is 0 Å². The fourth-order valence-electron chi connectivity index (χ4n) is 0.623. The first-order valence-electron chi connectivity index (χ1n) is 3.98. The quantitative estimate of drug-likeness (QED) is 0.616. The van der Waals surface area contributed by atoms with Crippen LogP contribution in [0.5, 0.6) is 0 Å². The number of urea groups is 1. The molecule has 5 heteroatoms. The van der Waals surface area contributed by atoms with Crippen molar-refractivity contribution in [2.24, 2.45) is 0 Å². The van der Waals surface area contributed by atoms with Crippen molar-refractivity contribution in [3.63, 3.8) is 0 Å². The lowest BCUT2D eigenvalue weighted by Gasteiger charge is -2.17. The molecule has 0 heterocycles. The van der Waals surface area contributed by atoms with Crippen LogP contribution in [0.1, 0.15) is 13.8 Å². The van der Waals surface area contributed by atoms with E-state index in [0.29, 0.717) is 13.2 Å². The molecular weight excluding hydrogens is 170 g/mol. The molecule has 0 saturated heterocycles. The summed E-state index contributed by atoms with van der Waals surface area (Å²) in [6, 6.07) is 1.60. The number of amides is 2. The Morgan fingerprint density at radius 2 is 2.23 bits per heavy atom. The molecule has 0 aliphatic rings. The predicted molar refractivity (Wildman–Crippen MR) is 48.1 cm³/mol. The number of nitriles is 1. The molecule has 0 aliphatic carbocycles. The van der Waals surface area contributed by atoms with Gasteiger partial charge in [-0.25, -0.2) is 4.79 Å². The second kappa shape index (κ2) is 5.38. The second-order valence-corrected chi connectivity index (χ2v) is 3.11. The summed E-state index contributed by atoms with van der Waals surface area (Å²) in [6.07, 6.45) is 0. The van der Waals surface area contributed by atoms with Crippen molar-refractivity contribution >= 4 is 6.03 Å². The maximum absolute atomic E-state index is 11.1. The first-order chi connectivity index (χ1) is 6.02. The Balaban J connectivity index is 3.70. The lowest BCUT2D eigenvalue weighted by Crippen LogP contribution is -2.48. The molecule has 0 rings (SSSR count). The highest BCUT2D eigenvalue weighted by atomic mass is 16.5. The average molecular weight is 185 g/mol. The summed E-state index contributed by atoms with van der Waals surface area (Å²) in [4.78, 5) is 11.1. The number of nitrogens with zero attached hydrogens (tertiary/aromatic N) is 1. The third-order valence-corrected chi connectivity index (χ3v) is 1.30. The third kappa shape index (κ3) is 5.93. The highest BCUT2D eigenvalue weighted by molar-refractivity contribution is 5.75. The van der Waals surface area contributed by atoms with Crippen LogP contribution in [-0.4, -0.2) is 31.8 Å². The van der Waals surface area contributed by atoms with Gasteiger partial charge in [-0.3, -0.25) is 0 Å². The zero-order valence-electron chi connectivity index (χ0n) is 8.18. The molecule has 0 aromatic carbocycles. The first kappa shape index (κ1) is 11.7. The van der Waals surface area contributed by atoms with Crippen molar-refractivity contribution in [3.05, 3.63) is 0 Å². The Bertz CT molecular complexity index is 208. The molecule has 5 nitrogen and oxygen atoms in total. The lowest BCUT2D eigenvalue weighted by atomic mass is 10.1. The van der Waals surface area contributed by atoms with E-state index >= 15 is 0 Å². The molecule has 0 spiro atoms. The van der Waals surface area contributed by atoms with Crippen molar-refractivity contribution < 1.29 is 9.53 Å². The predicted octanol–water partition coefficient (Wildman–Crippen LogP) is 0.234.